The first-order chi connectivity index (χ1) is 12.8. The van der Waals surface area contributed by atoms with Gasteiger partial charge in [-0.1, -0.05) is 17.7 Å². The second kappa shape index (κ2) is 9.21. The van der Waals surface area contributed by atoms with Crippen LogP contribution in [-0.4, -0.2) is 41.2 Å². The van der Waals surface area contributed by atoms with Crippen molar-refractivity contribution in [2.24, 2.45) is 13.0 Å². The zero-order valence-electron chi connectivity index (χ0n) is 16.7. The molecule has 1 aromatic carbocycles. The van der Waals surface area contributed by atoms with E-state index in [0.29, 0.717) is 6.54 Å². The summed E-state index contributed by atoms with van der Waals surface area (Å²) < 4.78 is 1.74. The molecular weight excluding hydrogens is 378 g/mol. The smallest absolute Gasteiger partial charge is 0.243 e. The number of hydrogen-bond donors (Lipinski definition) is 3. The minimum atomic E-state index is -0.220. The maximum Gasteiger partial charge on any atom is 0.243 e. The van der Waals surface area contributed by atoms with E-state index in [1.807, 2.05) is 46.1 Å². The van der Waals surface area contributed by atoms with Crippen LogP contribution < -0.4 is 16.0 Å². The highest BCUT2D eigenvalue weighted by atomic mass is 35.5. The summed E-state index contributed by atoms with van der Waals surface area (Å²) in [6.07, 6.45) is 3.74. The van der Waals surface area contributed by atoms with Crippen molar-refractivity contribution in [2.75, 3.05) is 25.0 Å². The molecule has 0 saturated carbocycles. The first kappa shape index (κ1) is 21.9. The molecule has 1 aliphatic rings. The second-order valence-electron chi connectivity index (χ2n) is 7.36. The highest BCUT2D eigenvalue weighted by Gasteiger charge is 2.34. The molecule has 7 nitrogen and oxygen atoms in total. The molecule has 0 spiro atoms. The van der Waals surface area contributed by atoms with Crippen LogP contribution in [0, 0.1) is 26.7 Å². The average molecular weight is 406 g/mol. The second-order valence-corrected chi connectivity index (χ2v) is 7.36. The summed E-state index contributed by atoms with van der Waals surface area (Å²) in [7, 11) is 1.86. The van der Waals surface area contributed by atoms with E-state index in [1.54, 1.807) is 10.9 Å². The van der Waals surface area contributed by atoms with Crippen LogP contribution in [-0.2, 0) is 16.6 Å². The summed E-state index contributed by atoms with van der Waals surface area (Å²) in [5.41, 5.74) is 5.05. The Morgan fingerprint density at radius 2 is 1.89 bits per heavy atom. The van der Waals surface area contributed by atoms with Gasteiger partial charge in [0.05, 0.1) is 18.7 Å². The summed E-state index contributed by atoms with van der Waals surface area (Å²) in [6.45, 7) is 7.26. The molecule has 0 bridgehead atoms. The number of carbonyl (C=O) groups excluding carboxylic acids is 2. The van der Waals surface area contributed by atoms with Gasteiger partial charge in [-0.15, -0.1) is 12.4 Å². The molecule has 2 aromatic rings. The van der Waals surface area contributed by atoms with Crippen LogP contribution in [0.4, 0.5) is 5.69 Å². The van der Waals surface area contributed by atoms with Crippen LogP contribution in [0.2, 0.25) is 0 Å². The molecule has 1 fully saturated rings. The molecule has 2 atom stereocenters. The minimum Gasteiger partial charge on any atom is -0.347 e. The first-order valence-corrected chi connectivity index (χ1v) is 9.20. The number of aryl methyl sites for hydroxylation is 4. The van der Waals surface area contributed by atoms with Gasteiger partial charge in [-0.3, -0.25) is 14.3 Å². The summed E-state index contributed by atoms with van der Waals surface area (Å²) in [4.78, 5) is 24.9. The molecular formula is C20H28ClN5O2. The van der Waals surface area contributed by atoms with E-state index in [4.69, 9.17) is 0 Å². The maximum absolute atomic E-state index is 12.6. The highest BCUT2D eigenvalue weighted by molar-refractivity contribution is 5.96. The third-order valence-corrected chi connectivity index (χ3v) is 5.07. The summed E-state index contributed by atoms with van der Waals surface area (Å²) >= 11 is 0. The van der Waals surface area contributed by atoms with E-state index in [9.17, 15) is 9.59 Å². The largest absolute Gasteiger partial charge is 0.347 e. The Balaban J connectivity index is 0.00000280. The average Bonchev–Trinajstić information content (AvgIpc) is 3.24. The molecule has 3 N–H and O–H groups in total. The molecule has 8 heteroatoms. The van der Waals surface area contributed by atoms with Crippen LogP contribution >= 0.6 is 12.4 Å². The quantitative estimate of drug-likeness (QED) is 0.708. The Hall–Kier alpha value is -2.38. The van der Waals surface area contributed by atoms with Gasteiger partial charge in [0.2, 0.25) is 11.8 Å². The van der Waals surface area contributed by atoms with Crippen molar-refractivity contribution in [3.63, 3.8) is 0 Å². The van der Waals surface area contributed by atoms with Crippen LogP contribution in [0.15, 0.2) is 24.5 Å². The van der Waals surface area contributed by atoms with Gasteiger partial charge in [-0.05, 0) is 37.5 Å². The standard InChI is InChI=1S/C20H27N5O2.ClH/c1-12-5-13(2)19(14(3)6-12)24-18(26)10-22-20(27)17-9-21-8-16(17)15-7-23-25(4)11-15;/h5-7,11,16-17,21H,8-10H2,1-4H3,(H,22,27)(H,24,26);1H/t16-,17+;/m1./s1. The van der Waals surface area contributed by atoms with Gasteiger partial charge in [-0.2, -0.15) is 5.10 Å². The van der Waals surface area contributed by atoms with Crippen molar-refractivity contribution in [1.82, 2.24) is 20.4 Å². The fourth-order valence-corrected chi connectivity index (χ4v) is 3.80. The number of anilines is 1. The molecule has 2 heterocycles. The van der Waals surface area contributed by atoms with Crippen LogP contribution in [0.3, 0.4) is 0 Å². The van der Waals surface area contributed by atoms with Crippen LogP contribution in [0.25, 0.3) is 0 Å². The number of aromatic nitrogens is 2. The predicted molar refractivity (Wildman–Crippen MR) is 112 cm³/mol. The zero-order chi connectivity index (χ0) is 19.6. The number of carbonyl (C=O) groups is 2. The Morgan fingerprint density at radius 3 is 2.50 bits per heavy atom. The number of halogens is 1. The molecule has 0 aliphatic carbocycles. The number of amides is 2. The van der Waals surface area contributed by atoms with Crippen LogP contribution in [0.5, 0.6) is 0 Å². The van der Waals surface area contributed by atoms with Gasteiger partial charge >= 0.3 is 0 Å². The number of hydrogen-bond acceptors (Lipinski definition) is 4. The van der Waals surface area contributed by atoms with E-state index < -0.39 is 0 Å². The zero-order valence-corrected chi connectivity index (χ0v) is 17.5. The molecule has 28 heavy (non-hydrogen) atoms. The lowest BCUT2D eigenvalue weighted by atomic mass is 9.90. The fourth-order valence-electron chi connectivity index (χ4n) is 3.80. The summed E-state index contributed by atoms with van der Waals surface area (Å²) in [5, 5.41) is 13.2. The summed E-state index contributed by atoms with van der Waals surface area (Å²) in [5.74, 6) is -0.461. The van der Waals surface area contributed by atoms with Gasteiger partial charge in [0.15, 0.2) is 0 Å². The minimum absolute atomic E-state index is 0. The Kier molecular flexibility index (Phi) is 7.21. The first-order valence-electron chi connectivity index (χ1n) is 9.20. The molecule has 2 amide bonds. The van der Waals surface area contributed by atoms with Crippen molar-refractivity contribution in [1.29, 1.82) is 0 Å². The van der Waals surface area contributed by atoms with Gasteiger partial charge in [-0.25, -0.2) is 0 Å². The maximum atomic E-state index is 12.6. The molecule has 1 aliphatic heterocycles. The lowest BCUT2D eigenvalue weighted by molar-refractivity contribution is -0.127. The van der Waals surface area contributed by atoms with Crippen molar-refractivity contribution < 1.29 is 9.59 Å². The SMILES string of the molecule is Cc1cc(C)c(NC(=O)CNC(=O)[C@H]2CNC[C@@H]2c2cnn(C)c2)c(C)c1.Cl. The van der Waals surface area contributed by atoms with Crippen molar-refractivity contribution in [3.05, 3.63) is 46.8 Å². The van der Waals surface area contributed by atoms with E-state index in [0.717, 1.165) is 34.5 Å². The number of nitrogens with zero attached hydrogens (tertiary/aromatic N) is 2. The third-order valence-electron chi connectivity index (χ3n) is 5.07. The van der Waals surface area contributed by atoms with Crippen molar-refractivity contribution in [2.45, 2.75) is 26.7 Å². The Morgan fingerprint density at radius 1 is 1.21 bits per heavy atom. The molecule has 1 saturated heterocycles. The molecule has 152 valence electrons. The predicted octanol–water partition coefficient (Wildman–Crippen LogP) is 1.83. The molecule has 1 aromatic heterocycles. The lowest BCUT2D eigenvalue weighted by Crippen LogP contribution is -2.39. The molecule has 0 radical (unpaired) electrons. The van der Waals surface area contributed by atoms with Crippen molar-refractivity contribution in [3.8, 4) is 0 Å². The van der Waals surface area contributed by atoms with Crippen molar-refractivity contribution >= 4 is 29.9 Å². The van der Waals surface area contributed by atoms with Gasteiger partial charge in [0.1, 0.15) is 0 Å². The van der Waals surface area contributed by atoms with Gasteiger partial charge in [0.25, 0.3) is 0 Å². The monoisotopic (exact) mass is 405 g/mol. The lowest BCUT2D eigenvalue weighted by Gasteiger charge is -2.17. The fraction of sp³-hybridized carbons (Fsp3) is 0.450. The number of benzene rings is 1. The van der Waals surface area contributed by atoms with Gasteiger partial charge < -0.3 is 16.0 Å². The molecule has 3 rings (SSSR count). The Bertz CT molecular complexity index is 841. The topological polar surface area (TPSA) is 88.1 Å². The van der Waals surface area contributed by atoms with E-state index in [2.05, 4.69) is 21.0 Å². The van der Waals surface area contributed by atoms with Gasteiger partial charge in [0, 0.05) is 37.9 Å². The highest BCUT2D eigenvalue weighted by Crippen LogP contribution is 2.28. The van der Waals surface area contributed by atoms with E-state index in [1.165, 1.54) is 0 Å². The third kappa shape index (κ3) is 4.91. The normalized spacial score (nSPS) is 18.4. The van der Waals surface area contributed by atoms with E-state index >= 15 is 0 Å². The Labute approximate surface area is 171 Å². The number of nitrogens with one attached hydrogen (secondary N) is 3. The summed E-state index contributed by atoms with van der Waals surface area (Å²) in [6, 6.07) is 4.06. The van der Waals surface area contributed by atoms with E-state index in [-0.39, 0.29) is 42.6 Å². The van der Waals surface area contributed by atoms with Crippen LogP contribution in [0.1, 0.15) is 28.2 Å². The molecule has 0 unspecified atom stereocenters. The number of rotatable bonds is 5.